The van der Waals surface area contributed by atoms with E-state index in [4.69, 9.17) is 5.11 Å². The third-order valence-electron chi connectivity index (χ3n) is 2.40. The van der Waals surface area contributed by atoms with E-state index in [-0.39, 0.29) is 12.2 Å². The van der Waals surface area contributed by atoms with Crippen molar-refractivity contribution in [1.82, 2.24) is 5.32 Å². The van der Waals surface area contributed by atoms with Crippen molar-refractivity contribution in [3.8, 4) is 0 Å². The average molecular weight is 290 g/mol. The molecule has 0 heterocycles. The first kappa shape index (κ1) is 15.8. The van der Waals surface area contributed by atoms with E-state index in [1.165, 1.54) is 18.2 Å². The number of hydrogen-bond acceptors (Lipinski definition) is 3. The topological polar surface area (TPSA) is 78.4 Å². The minimum absolute atomic E-state index is 0.239. The highest BCUT2D eigenvalue weighted by molar-refractivity contribution is 5.82. The Kier molecular flexibility index (Phi) is 4.95. The number of carboxylic acids is 1. The smallest absolute Gasteiger partial charge is 0.418 e. The quantitative estimate of drug-likeness (QED) is 0.771. The van der Waals surface area contributed by atoms with Gasteiger partial charge in [0.1, 0.15) is 6.04 Å². The second kappa shape index (κ2) is 6.27. The van der Waals surface area contributed by atoms with Crippen molar-refractivity contribution in [2.24, 2.45) is 0 Å². The molecule has 5 nitrogen and oxygen atoms in total. The Morgan fingerprint density at radius 3 is 2.40 bits per heavy atom. The highest BCUT2D eigenvalue weighted by Crippen LogP contribution is 2.34. The molecular formula is C12H13F3N2O3. The Balaban J connectivity index is 2.83. The van der Waals surface area contributed by atoms with E-state index < -0.39 is 29.7 Å². The van der Waals surface area contributed by atoms with Crippen LogP contribution in [-0.4, -0.2) is 29.6 Å². The molecule has 1 amide bonds. The van der Waals surface area contributed by atoms with Gasteiger partial charge in [-0.05, 0) is 12.1 Å². The van der Waals surface area contributed by atoms with Crippen molar-refractivity contribution in [3.05, 3.63) is 29.8 Å². The van der Waals surface area contributed by atoms with Crippen LogP contribution in [-0.2, 0) is 15.8 Å². The number of benzene rings is 1. The lowest BCUT2D eigenvalue weighted by Crippen LogP contribution is -2.44. The molecule has 1 rings (SSSR count). The number of hydrogen-bond donors (Lipinski definition) is 3. The molecule has 1 unspecified atom stereocenters. The number of amides is 1. The number of alkyl halides is 3. The molecule has 0 spiro atoms. The zero-order valence-corrected chi connectivity index (χ0v) is 10.5. The SMILES string of the molecule is CC(=O)NC(CNc1ccccc1C(F)(F)F)C(=O)O. The maximum atomic E-state index is 12.7. The van der Waals surface area contributed by atoms with E-state index in [1.54, 1.807) is 0 Å². The number of carboxylic acid groups (broad SMARTS) is 1. The number of aliphatic carboxylic acids is 1. The van der Waals surface area contributed by atoms with E-state index in [2.05, 4.69) is 10.6 Å². The minimum atomic E-state index is -4.55. The normalized spacial score (nSPS) is 12.6. The molecule has 0 aliphatic heterocycles. The van der Waals surface area contributed by atoms with E-state index >= 15 is 0 Å². The molecule has 0 saturated carbocycles. The van der Waals surface area contributed by atoms with Crippen LogP contribution in [0.4, 0.5) is 18.9 Å². The van der Waals surface area contributed by atoms with Gasteiger partial charge in [0.15, 0.2) is 0 Å². The molecule has 0 aromatic heterocycles. The predicted molar refractivity (Wildman–Crippen MR) is 65.2 cm³/mol. The van der Waals surface area contributed by atoms with Crippen molar-refractivity contribution in [1.29, 1.82) is 0 Å². The average Bonchev–Trinajstić information content (AvgIpc) is 2.33. The molecule has 20 heavy (non-hydrogen) atoms. The monoisotopic (exact) mass is 290 g/mol. The number of halogens is 3. The van der Waals surface area contributed by atoms with Gasteiger partial charge >= 0.3 is 12.1 Å². The van der Waals surface area contributed by atoms with Crippen molar-refractivity contribution in [3.63, 3.8) is 0 Å². The van der Waals surface area contributed by atoms with E-state index in [0.29, 0.717) is 0 Å². The summed E-state index contributed by atoms with van der Waals surface area (Å²) in [4.78, 5) is 21.7. The fraction of sp³-hybridized carbons (Fsp3) is 0.333. The van der Waals surface area contributed by atoms with Gasteiger partial charge < -0.3 is 15.7 Å². The standard InChI is InChI=1S/C12H13F3N2O3/c1-7(18)17-10(11(19)20)6-16-9-5-3-2-4-8(9)12(13,14)15/h2-5,10,16H,6H2,1H3,(H,17,18)(H,19,20). The van der Waals surface area contributed by atoms with E-state index in [9.17, 15) is 22.8 Å². The third kappa shape index (κ3) is 4.45. The van der Waals surface area contributed by atoms with Gasteiger partial charge in [-0.25, -0.2) is 4.79 Å². The van der Waals surface area contributed by atoms with Gasteiger partial charge in [0.25, 0.3) is 0 Å². The van der Waals surface area contributed by atoms with Crippen molar-refractivity contribution in [2.45, 2.75) is 19.1 Å². The van der Waals surface area contributed by atoms with Crippen molar-refractivity contribution in [2.75, 3.05) is 11.9 Å². The number of anilines is 1. The largest absolute Gasteiger partial charge is 0.480 e. The summed E-state index contributed by atoms with van der Waals surface area (Å²) in [5.41, 5.74) is -1.14. The Bertz CT molecular complexity index is 503. The third-order valence-corrected chi connectivity index (χ3v) is 2.40. The number of carbonyl (C=O) groups excluding carboxylic acids is 1. The van der Waals surface area contributed by atoms with E-state index in [0.717, 1.165) is 13.0 Å². The summed E-state index contributed by atoms with van der Waals surface area (Å²) in [6.07, 6.45) is -4.55. The first-order chi connectivity index (χ1) is 9.21. The molecule has 3 N–H and O–H groups in total. The summed E-state index contributed by atoms with van der Waals surface area (Å²) < 4.78 is 38.1. The zero-order valence-electron chi connectivity index (χ0n) is 10.5. The first-order valence-electron chi connectivity index (χ1n) is 5.62. The lowest BCUT2D eigenvalue weighted by molar-refractivity contribution is -0.141. The Labute approximate surface area is 112 Å². The van der Waals surface area contributed by atoms with Crippen LogP contribution in [0.25, 0.3) is 0 Å². The number of rotatable bonds is 5. The van der Waals surface area contributed by atoms with Crippen molar-refractivity contribution < 1.29 is 27.9 Å². The number of nitrogens with one attached hydrogen (secondary N) is 2. The molecule has 8 heteroatoms. The predicted octanol–water partition coefficient (Wildman–Crippen LogP) is 1.71. The maximum absolute atomic E-state index is 12.7. The summed E-state index contributed by atoms with van der Waals surface area (Å²) in [7, 11) is 0. The lowest BCUT2D eigenvalue weighted by Gasteiger charge is -2.18. The molecule has 1 aromatic rings. The summed E-state index contributed by atoms with van der Waals surface area (Å²) in [6.45, 7) is 0.765. The van der Waals surface area contributed by atoms with Gasteiger partial charge in [0.05, 0.1) is 5.56 Å². The number of para-hydroxylation sites is 1. The molecule has 0 fully saturated rings. The molecule has 0 bridgehead atoms. The summed E-state index contributed by atoms with van der Waals surface area (Å²) in [5, 5.41) is 13.4. The molecule has 1 aromatic carbocycles. The van der Waals surface area contributed by atoms with Crippen LogP contribution >= 0.6 is 0 Å². The Hall–Kier alpha value is -2.25. The van der Waals surface area contributed by atoms with Gasteiger partial charge in [0, 0.05) is 19.2 Å². The van der Waals surface area contributed by atoms with Crippen LogP contribution in [0, 0.1) is 0 Å². The first-order valence-corrected chi connectivity index (χ1v) is 5.62. The van der Waals surface area contributed by atoms with Gasteiger partial charge in [-0.2, -0.15) is 13.2 Å². The minimum Gasteiger partial charge on any atom is -0.480 e. The van der Waals surface area contributed by atoms with Crippen molar-refractivity contribution >= 4 is 17.6 Å². The highest BCUT2D eigenvalue weighted by atomic mass is 19.4. The Morgan fingerprint density at radius 2 is 1.90 bits per heavy atom. The summed E-state index contributed by atoms with van der Waals surface area (Å²) >= 11 is 0. The highest BCUT2D eigenvalue weighted by Gasteiger charge is 2.33. The van der Waals surface area contributed by atoms with Gasteiger partial charge in [-0.15, -0.1) is 0 Å². The molecule has 0 aliphatic carbocycles. The fourth-order valence-corrected chi connectivity index (χ4v) is 1.54. The number of carbonyl (C=O) groups is 2. The second-order valence-electron chi connectivity index (χ2n) is 4.02. The van der Waals surface area contributed by atoms with Crippen LogP contribution < -0.4 is 10.6 Å². The maximum Gasteiger partial charge on any atom is 0.418 e. The zero-order chi connectivity index (χ0) is 15.3. The Morgan fingerprint density at radius 1 is 1.30 bits per heavy atom. The molecule has 1 atom stereocenters. The van der Waals surface area contributed by atoms with Crippen LogP contribution in [0.1, 0.15) is 12.5 Å². The molecule has 0 aliphatic rings. The molecule has 0 radical (unpaired) electrons. The second-order valence-corrected chi connectivity index (χ2v) is 4.02. The van der Waals surface area contributed by atoms with Crippen LogP contribution in [0.2, 0.25) is 0 Å². The molecule has 0 saturated heterocycles. The molecule has 110 valence electrons. The molecular weight excluding hydrogens is 277 g/mol. The van der Waals surface area contributed by atoms with Crippen LogP contribution in [0.3, 0.4) is 0 Å². The lowest BCUT2D eigenvalue weighted by atomic mass is 10.1. The van der Waals surface area contributed by atoms with Crippen LogP contribution in [0.15, 0.2) is 24.3 Å². The summed E-state index contributed by atoms with van der Waals surface area (Å²) in [6, 6.07) is 3.39. The fourth-order valence-electron chi connectivity index (χ4n) is 1.54. The van der Waals surface area contributed by atoms with Gasteiger partial charge in [-0.3, -0.25) is 4.79 Å². The summed E-state index contributed by atoms with van der Waals surface area (Å²) in [5.74, 6) is -1.92. The van der Waals surface area contributed by atoms with Crippen LogP contribution in [0.5, 0.6) is 0 Å². The van der Waals surface area contributed by atoms with Gasteiger partial charge in [-0.1, -0.05) is 12.1 Å². The van der Waals surface area contributed by atoms with Gasteiger partial charge in [0.2, 0.25) is 5.91 Å². The van der Waals surface area contributed by atoms with E-state index in [1.807, 2.05) is 0 Å².